The first kappa shape index (κ1) is 16.0. The van der Waals surface area contributed by atoms with Crippen molar-refractivity contribution in [3.63, 3.8) is 0 Å². The van der Waals surface area contributed by atoms with Crippen LogP contribution in [-0.4, -0.2) is 6.54 Å². The molecule has 3 heteroatoms. The van der Waals surface area contributed by atoms with Gasteiger partial charge >= 0.3 is 0 Å². The van der Waals surface area contributed by atoms with Crippen LogP contribution in [0.4, 0.5) is 4.39 Å². The molecule has 2 rings (SSSR count). The van der Waals surface area contributed by atoms with Crippen LogP contribution in [0.25, 0.3) is 0 Å². The molecular weight excluding hydrogens is 285 g/mol. The van der Waals surface area contributed by atoms with E-state index in [1.54, 1.807) is 12.1 Å². The number of halogens is 2. The standard InChI is InChI=1S/C18H21ClFN/c1-4-7-21-18(14-5-6-17(20)16(19)11-14)15-9-12(2)8-13(3)10-15/h5-6,8-11,18,21H,4,7H2,1-3H3. The Balaban J connectivity index is 2.43. The van der Waals surface area contributed by atoms with Crippen LogP contribution >= 0.6 is 11.6 Å². The molecule has 0 aromatic heterocycles. The minimum absolute atomic E-state index is 0.0293. The van der Waals surface area contributed by atoms with Gasteiger partial charge in [-0.25, -0.2) is 4.39 Å². The van der Waals surface area contributed by atoms with Gasteiger partial charge in [0.05, 0.1) is 11.1 Å². The minimum Gasteiger partial charge on any atom is -0.306 e. The van der Waals surface area contributed by atoms with Gasteiger partial charge in [-0.3, -0.25) is 0 Å². The summed E-state index contributed by atoms with van der Waals surface area (Å²) in [7, 11) is 0. The molecule has 0 aliphatic carbocycles. The predicted molar refractivity (Wildman–Crippen MR) is 87.5 cm³/mol. The van der Waals surface area contributed by atoms with E-state index in [2.05, 4.69) is 44.3 Å². The van der Waals surface area contributed by atoms with E-state index < -0.39 is 0 Å². The van der Waals surface area contributed by atoms with Gasteiger partial charge in [-0.1, -0.05) is 53.9 Å². The normalized spacial score (nSPS) is 12.4. The van der Waals surface area contributed by atoms with Gasteiger partial charge in [0, 0.05) is 0 Å². The zero-order valence-corrected chi connectivity index (χ0v) is 13.5. The average Bonchev–Trinajstić information content (AvgIpc) is 2.42. The second-order valence-corrected chi connectivity index (χ2v) is 5.89. The Labute approximate surface area is 131 Å². The predicted octanol–water partition coefficient (Wildman–Crippen LogP) is 5.18. The third kappa shape index (κ3) is 4.05. The Morgan fingerprint density at radius 3 is 2.29 bits per heavy atom. The van der Waals surface area contributed by atoms with E-state index in [0.29, 0.717) is 0 Å². The van der Waals surface area contributed by atoms with Crippen LogP contribution in [0.15, 0.2) is 36.4 Å². The summed E-state index contributed by atoms with van der Waals surface area (Å²) in [6.45, 7) is 7.20. The molecule has 2 aromatic carbocycles. The fraction of sp³-hybridized carbons (Fsp3) is 0.333. The van der Waals surface area contributed by atoms with Crippen molar-refractivity contribution in [1.29, 1.82) is 0 Å². The summed E-state index contributed by atoms with van der Waals surface area (Å²) in [6, 6.07) is 11.4. The second kappa shape index (κ2) is 7.06. The number of rotatable bonds is 5. The van der Waals surface area contributed by atoms with Gasteiger partial charge in [0.2, 0.25) is 0 Å². The highest BCUT2D eigenvalue weighted by Gasteiger charge is 2.15. The monoisotopic (exact) mass is 305 g/mol. The summed E-state index contributed by atoms with van der Waals surface area (Å²) in [4.78, 5) is 0. The Kier molecular flexibility index (Phi) is 5.38. The molecule has 0 heterocycles. The van der Waals surface area contributed by atoms with Crippen molar-refractivity contribution in [3.8, 4) is 0 Å². The van der Waals surface area contributed by atoms with E-state index in [1.165, 1.54) is 22.8 Å². The number of nitrogens with one attached hydrogen (secondary N) is 1. The third-order valence-electron chi connectivity index (χ3n) is 3.45. The molecule has 1 unspecified atom stereocenters. The highest BCUT2D eigenvalue weighted by atomic mass is 35.5. The van der Waals surface area contributed by atoms with Gasteiger partial charge in [0.1, 0.15) is 5.82 Å². The lowest BCUT2D eigenvalue weighted by Crippen LogP contribution is -2.23. The first-order valence-corrected chi connectivity index (χ1v) is 7.65. The van der Waals surface area contributed by atoms with Crippen LogP contribution in [0.2, 0.25) is 5.02 Å². The summed E-state index contributed by atoms with van der Waals surface area (Å²) >= 11 is 5.94. The topological polar surface area (TPSA) is 12.0 Å². The molecule has 1 nitrogen and oxygen atoms in total. The fourth-order valence-corrected chi connectivity index (χ4v) is 2.77. The van der Waals surface area contributed by atoms with Crippen molar-refractivity contribution < 1.29 is 4.39 Å². The van der Waals surface area contributed by atoms with E-state index in [4.69, 9.17) is 11.6 Å². The Morgan fingerprint density at radius 1 is 1.05 bits per heavy atom. The van der Waals surface area contributed by atoms with Crippen LogP contribution in [0.3, 0.4) is 0 Å². The summed E-state index contributed by atoms with van der Waals surface area (Å²) in [5, 5.41) is 3.69. The highest BCUT2D eigenvalue weighted by molar-refractivity contribution is 6.30. The third-order valence-corrected chi connectivity index (χ3v) is 3.74. The number of benzene rings is 2. The van der Waals surface area contributed by atoms with E-state index >= 15 is 0 Å². The van der Waals surface area contributed by atoms with Gasteiger partial charge in [0.15, 0.2) is 0 Å². The van der Waals surface area contributed by atoms with E-state index in [9.17, 15) is 4.39 Å². The molecule has 0 saturated carbocycles. The zero-order valence-electron chi connectivity index (χ0n) is 12.7. The van der Waals surface area contributed by atoms with E-state index in [0.717, 1.165) is 18.5 Å². The summed E-state index contributed by atoms with van der Waals surface area (Å²) in [5.74, 6) is -0.380. The Morgan fingerprint density at radius 2 is 1.71 bits per heavy atom. The zero-order chi connectivity index (χ0) is 15.4. The molecule has 1 atom stereocenters. The quantitative estimate of drug-likeness (QED) is 0.802. The number of hydrogen-bond donors (Lipinski definition) is 1. The molecule has 2 aromatic rings. The fourth-order valence-electron chi connectivity index (χ4n) is 2.59. The van der Waals surface area contributed by atoms with Crippen molar-refractivity contribution in [2.24, 2.45) is 0 Å². The van der Waals surface area contributed by atoms with Crippen molar-refractivity contribution in [1.82, 2.24) is 5.32 Å². The number of aryl methyl sites for hydroxylation is 2. The lowest BCUT2D eigenvalue weighted by Gasteiger charge is -2.21. The maximum atomic E-state index is 13.4. The summed E-state index contributed by atoms with van der Waals surface area (Å²) in [5.41, 5.74) is 4.62. The van der Waals surface area contributed by atoms with Gasteiger partial charge in [0.25, 0.3) is 0 Å². The molecule has 0 radical (unpaired) electrons. The van der Waals surface area contributed by atoms with Gasteiger partial charge < -0.3 is 5.32 Å². The molecule has 0 aliphatic heterocycles. The smallest absolute Gasteiger partial charge is 0.141 e. The maximum absolute atomic E-state index is 13.4. The van der Waals surface area contributed by atoms with Gasteiger partial charge in [-0.15, -0.1) is 0 Å². The molecule has 0 bridgehead atoms. The largest absolute Gasteiger partial charge is 0.306 e. The van der Waals surface area contributed by atoms with Crippen molar-refractivity contribution in [3.05, 3.63) is 69.5 Å². The van der Waals surface area contributed by atoms with Crippen LogP contribution in [0.1, 0.15) is 41.6 Å². The van der Waals surface area contributed by atoms with Crippen LogP contribution < -0.4 is 5.32 Å². The first-order valence-electron chi connectivity index (χ1n) is 7.27. The number of hydrogen-bond acceptors (Lipinski definition) is 1. The van der Waals surface area contributed by atoms with E-state index in [-0.39, 0.29) is 16.9 Å². The highest BCUT2D eigenvalue weighted by Crippen LogP contribution is 2.27. The summed E-state index contributed by atoms with van der Waals surface area (Å²) in [6.07, 6.45) is 1.04. The SMILES string of the molecule is CCCNC(c1cc(C)cc(C)c1)c1ccc(F)c(Cl)c1. The maximum Gasteiger partial charge on any atom is 0.141 e. The average molecular weight is 306 g/mol. The Bertz CT molecular complexity index is 604. The summed E-state index contributed by atoms with van der Waals surface area (Å²) < 4.78 is 13.4. The Hall–Kier alpha value is -1.38. The van der Waals surface area contributed by atoms with Crippen LogP contribution in [0, 0.1) is 19.7 Å². The first-order chi connectivity index (χ1) is 10.0. The van der Waals surface area contributed by atoms with Crippen LogP contribution in [-0.2, 0) is 0 Å². The van der Waals surface area contributed by atoms with E-state index in [1.807, 2.05) is 0 Å². The van der Waals surface area contributed by atoms with Crippen molar-refractivity contribution >= 4 is 11.6 Å². The van der Waals surface area contributed by atoms with Gasteiger partial charge in [-0.05, 0) is 50.1 Å². The molecule has 112 valence electrons. The molecule has 0 amide bonds. The molecule has 0 saturated heterocycles. The molecule has 21 heavy (non-hydrogen) atoms. The lowest BCUT2D eigenvalue weighted by atomic mass is 9.95. The lowest BCUT2D eigenvalue weighted by molar-refractivity contribution is 0.592. The second-order valence-electron chi connectivity index (χ2n) is 5.48. The molecular formula is C18H21ClFN. The molecule has 0 aliphatic rings. The van der Waals surface area contributed by atoms with Crippen molar-refractivity contribution in [2.45, 2.75) is 33.2 Å². The van der Waals surface area contributed by atoms with Crippen LogP contribution in [0.5, 0.6) is 0 Å². The van der Waals surface area contributed by atoms with Crippen molar-refractivity contribution in [2.75, 3.05) is 6.54 Å². The molecule has 0 fully saturated rings. The van der Waals surface area contributed by atoms with Gasteiger partial charge in [-0.2, -0.15) is 0 Å². The minimum atomic E-state index is -0.380. The molecule has 0 spiro atoms. The molecule has 1 N–H and O–H groups in total.